The number of esters is 1. The standard InChI is InChI=1S/C12H18N2O4/c1-2-17-10(16)9-7-18-11(14-9)13-8-12(3-4-12)5-6-15/h7,15H,2-6,8H2,1H3,(H,13,14). The second kappa shape index (κ2) is 5.39. The number of oxazole rings is 1. The predicted octanol–water partition coefficient (Wildman–Crippen LogP) is 1.43. The van der Waals surface area contributed by atoms with E-state index in [0.717, 1.165) is 19.3 Å². The first-order valence-electron chi connectivity index (χ1n) is 6.16. The molecule has 0 amide bonds. The number of nitrogens with zero attached hydrogens (tertiary/aromatic N) is 1. The third kappa shape index (κ3) is 3.01. The van der Waals surface area contributed by atoms with Gasteiger partial charge in [0.25, 0.3) is 6.01 Å². The van der Waals surface area contributed by atoms with Gasteiger partial charge in [0, 0.05) is 13.2 Å². The van der Waals surface area contributed by atoms with Gasteiger partial charge >= 0.3 is 5.97 Å². The Morgan fingerprint density at radius 1 is 1.67 bits per heavy atom. The number of aromatic nitrogens is 1. The lowest BCUT2D eigenvalue weighted by atomic mass is 10.0. The molecule has 6 nitrogen and oxygen atoms in total. The minimum absolute atomic E-state index is 0.173. The molecule has 0 bridgehead atoms. The van der Waals surface area contributed by atoms with Crippen molar-refractivity contribution in [3.8, 4) is 0 Å². The molecule has 1 aliphatic rings. The molecule has 1 saturated carbocycles. The molecule has 6 heteroatoms. The van der Waals surface area contributed by atoms with Crippen molar-refractivity contribution in [3.63, 3.8) is 0 Å². The number of anilines is 1. The van der Waals surface area contributed by atoms with E-state index in [1.54, 1.807) is 6.92 Å². The van der Waals surface area contributed by atoms with Gasteiger partial charge < -0.3 is 19.6 Å². The number of nitrogens with one attached hydrogen (secondary N) is 1. The molecule has 100 valence electrons. The third-order valence-electron chi connectivity index (χ3n) is 3.20. The van der Waals surface area contributed by atoms with Crippen molar-refractivity contribution < 1.29 is 19.1 Å². The number of aliphatic hydroxyl groups is 1. The van der Waals surface area contributed by atoms with Gasteiger partial charge in [0.2, 0.25) is 0 Å². The maximum absolute atomic E-state index is 11.4. The van der Waals surface area contributed by atoms with Crippen LogP contribution in [0.5, 0.6) is 0 Å². The largest absolute Gasteiger partial charge is 0.461 e. The van der Waals surface area contributed by atoms with E-state index in [0.29, 0.717) is 19.2 Å². The molecule has 0 atom stereocenters. The average molecular weight is 254 g/mol. The summed E-state index contributed by atoms with van der Waals surface area (Å²) in [4.78, 5) is 15.4. The molecular weight excluding hydrogens is 236 g/mol. The normalized spacial score (nSPS) is 16.3. The first-order chi connectivity index (χ1) is 8.69. The first kappa shape index (κ1) is 12.9. The summed E-state index contributed by atoms with van der Waals surface area (Å²) in [7, 11) is 0. The zero-order valence-electron chi connectivity index (χ0n) is 10.4. The Morgan fingerprint density at radius 3 is 3.06 bits per heavy atom. The second-order valence-electron chi connectivity index (χ2n) is 4.59. The number of hydrogen-bond acceptors (Lipinski definition) is 6. The lowest BCUT2D eigenvalue weighted by molar-refractivity contribution is 0.0519. The van der Waals surface area contributed by atoms with Gasteiger partial charge in [-0.2, -0.15) is 4.98 Å². The zero-order valence-corrected chi connectivity index (χ0v) is 10.4. The number of rotatable bonds is 7. The molecule has 1 aliphatic carbocycles. The Labute approximate surface area is 105 Å². The van der Waals surface area contributed by atoms with Gasteiger partial charge in [-0.15, -0.1) is 0 Å². The van der Waals surface area contributed by atoms with Crippen LogP contribution in [0, 0.1) is 5.41 Å². The van der Waals surface area contributed by atoms with Gasteiger partial charge in [-0.1, -0.05) is 0 Å². The molecule has 0 radical (unpaired) electrons. The summed E-state index contributed by atoms with van der Waals surface area (Å²) in [5, 5.41) is 12.0. The van der Waals surface area contributed by atoms with E-state index >= 15 is 0 Å². The smallest absolute Gasteiger partial charge is 0.360 e. The summed E-state index contributed by atoms with van der Waals surface area (Å²) in [6.45, 7) is 2.95. The van der Waals surface area contributed by atoms with Crippen LogP contribution in [0.4, 0.5) is 6.01 Å². The Morgan fingerprint density at radius 2 is 2.44 bits per heavy atom. The van der Waals surface area contributed by atoms with Gasteiger partial charge in [0.1, 0.15) is 6.26 Å². The molecule has 2 N–H and O–H groups in total. The van der Waals surface area contributed by atoms with Crippen molar-refractivity contribution in [2.45, 2.75) is 26.2 Å². The molecule has 1 heterocycles. The van der Waals surface area contributed by atoms with Crippen molar-refractivity contribution in [1.29, 1.82) is 0 Å². The summed E-state index contributed by atoms with van der Waals surface area (Å²) >= 11 is 0. The van der Waals surface area contributed by atoms with Crippen molar-refractivity contribution >= 4 is 12.0 Å². The summed E-state index contributed by atoms with van der Waals surface area (Å²) in [5.74, 6) is -0.481. The van der Waals surface area contributed by atoms with E-state index in [4.69, 9.17) is 14.3 Å². The molecule has 0 unspecified atom stereocenters. The highest BCUT2D eigenvalue weighted by molar-refractivity contribution is 5.87. The average Bonchev–Trinajstić information content (AvgIpc) is 2.95. The fourth-order valence-corrected chi connectivity index (χ4v) is 1.85. The van der Waals surface area contributed by atoms with Gasteiger partial charge in [0.05, 0.1) is 6.61 Å². The zero-order chi connectivity index (χ0) is 13.0. The Kier molecular flexibility index (Phi) is 3.86. The number of hydrogen-bond donors (Lipinski definition) is 2. The van der Waals surface area contributed by atoms with Crippen LogP contribution in [0.25, 0.3) is 0 Å². The lowest BCUT2D eigenvalue weighted by Crippen LogP contribution is -2.17. The highest BCUT2D eigenvalue weighted by Crippen LogP contribution is 2.48. The van der Waals surface area contributed by atoms with Gasteiger partial charge in [-0.3, -0.25) is 0 Å². The lowest BCUT2D eigenvalue weighted by Gasteiger charge is -2.12. The van der Waals surface area contributed by atoms with E-state index < -0.39 is 5.97 Å². The van der Waals surface area contributed by atoms with Crippen LogP contribution in [0.1, 0.15) is 36.7 Å². The summed E-state index contributed by atoms with van der Waals surface area (Å²) < 4.78 is 9.96. The molecule has 0 saturated heterocycles. The summed E-state index contributed by atoms with van der Waals surface area (Å²) in [6.07, 6.45) is 4.27. The van der Waals surface area contributed by atoms with E-state index in [2.05, 4.69) is 10.3 Å². The predicted molar refractivity (Wildman–Crippen MR) is 64.3 cm³/mol. The Balaban J connectivity index is 1.85. The Hall–Kier alpha value is -1.56. The van der Waals surface area contributed by atoms with Crippen LogP contribution in [-0.4, -0.2) is 35.8 Å². The molecule has 0 spiro atoms. The van der Waals surface area contributed by atoms with Crippen molar-refractivity contribution in [2.75, 3.05) is 25.1 Å². The summed E-state index contributed by atoms with van der Waals surface area (Å²) in [6, 6.07) is 0.322. The van der Waals surface area contributed by atoms with E-state index in [-0.39, 0.29) is 17.7 Å². The minimum Gasteiger partial charge on any atom is -0.461 e. The molecule has 1 aromatic rings. The number of carbonyl (C=O) groups is 1. The van der Waals surface area contributed by atoms with Crippen LogP contribution in [0.3, 0.4) is 0 Å². The maximum atomic E-state index is 11.4. The van der Waals surface area contributed by atoms with Gasteiger partial charge in [-0.25, -0.2) is 4.79 Å². The molecule has 2 rings (SSSR count). The quantitative estimate of drug-likeness (QED) is 0.716. The molecule has 1 fully saturated rings. The highest BCUT2D eigenvalue weighted by Gasteiger charge is 2.41. The van der Waals surface area contributed by atoms with Crippen molar-refractivity contribution in [3.05, 3.63) is 12.0 Å². The van der Waals surface area contributed by atoms with Crippen molar-refractivity contribution in [2.24, 2.45) is 5.41 Å². The first-order valence-corrected chi connectivity index (χ1v) is 6.16. The Bertz CT molecular complexity index is 412. The van der Waals surface area contributed by atoms with E-state index in [1.807, 2.05) is 0 Å². The molecule has 18 heavy (non-hydrogen) atoms. The number of ether oxygens (including phenoxy) is 1. The molecular formula is C12H18N2O4. The van der Waals surface area contributed by atoms with E-state index in [1.165, 1.54) is 6.26 Å². The molecule has 0 aliphatic heterocycles. The van der Waals surface area contributed by atoms with Crippen LogP contribution >= 0.6 is 0 Å². The SMILES string of the molecule is CCOC(=O)c1coc(NCC2(CCO)CC2)n1. The third-order valence-corrected chi connectivity index (χ3v) is 3.20. The fourth-order valence-electron chi connectivity index (χ4n) is 1.85. The molecule has 1 aromatic heterocycles. The van der Waals surface area contributed by atoms with Crippen molar-refractivity contribution in [1.82, 2.24) is 4.98 Å². The maximum Gasteiger partial charge on any atom is 0.360 e. The van der Waals surface area contributed by atoms with Crippen LogP contribution < -0.4 is 5.32 Å². The number of carbonyl (C=O) groups excluding carboxylic acids is 1. The molecule has 0 aromatic carbocycles. The van der Waals surface area contributed by atoms with Crippen LogP contribution in [0.2, 0.25) is 0 Å². The second-order valence-corrected chi connectivity index (χ2v) is 4.59. The summed E-state index contributed by atoms with van der Waals surface area (Å²) in [5.41, 5.74) is 0.346. The highest BCUT2D eigenvalue weighted by atomic mass is 16.5. The number of aliphatic hydroxyl groups excluding tert-OH is 1. The monoisotopic (exact) mass is 254 g/mol. The van der Waals surface area contributed by atoms with Gasteiger partial charge in [0.15, 0.2) is 5.69 Å². The topological polar surface area (TPSA) is 84.6 Å². The minimum atomic E-state index is -0.481. The van der Waals surface area contributed by atoms with Crippen LogP contribution in [0.15, 0.2) is 10.7 Å². The van der Waals surface area contributed by atoms with E-state index in [9.17, 15) is 4.79 Å². The van der Waals surface area contributed by atoms with Gasteiger partial charge in [-0.05, 0) is 31.6 Å². The fraction of sp³-hybridized carbons (Fsp3) is 0.667. The van der Waals surface area contributed by atoms with Crippen LogP contribution in [-0.2, 0) is 4.74 Å².